The Morgan fingerprint density at radius 1 is 1.24 bits per heavy atom. The molecule has 1 saturated carbocycles. The molecule has 1 fully saturated rings. The van der Waals surface area contributed by atoms with E-state index in [2.05, 4.69) is 25.9 Å². The van der Waals surface area contributed by atoms with Crippen molar-refractivity contribution < 1.29 is 9.59 Å². The molecule has 0 bridgehead atoms. The third kappa shape index (κ3) is 4.71. The Labute approximate surface area is 147 Å². The van der Waals surface area contributed by atoms with Crippen molar-refractivity contribution in [2.45, 2.75) is 51.1 Å². The van der Waals surface area contributed by atoms with Crippen LogP contribution in [0.1, 0.15) is 50.9 Å². The van der Waals surface area contributed by atoms with Crippen molar-refractivity contribution in [1.82, 2.24) is 25.9 Å². The first-order valence-corrected chi connectivity index (χ1v) is 8.90. The lowest BCUT2D eigenvalue weighted by atomic mass is 9.96. The van der Waals surface area contributed by atoms with Gasteiger partial charge in [0.1, 0.15) is 5.82 Å². The summed E-state index contributed by atoms with van der Waals surface area (Å²) in [6.45, 7) is 1.81. The normalized spacial score (nSPS) is 16.4. The Kier molecular flexibility index (Phi) is 5.53. The molecule has 7 nitrogen and oxygen atoms in total. The Bertz CT molecular complexity index is 703. The highest BCUT2D eigenvalue weighted by Gasteiger charge is 2.17. The van der Waals surface area contributed by atoms with Crippen molar-refractivity contribution in [2.24, 2.45) is 0 Å². The summed E-state index contributed by atoms with van der Waals surface area (Å²) in [5, 5.41) is 8.39. The van der Waals surface area contributed by atoms with Gasteiger partial charge < -0.3 is 20.9 Å². The molecule has 3 rings (SSSR count). The number of hydrogen-bond acceptors (Lipinski definition) is 3. The number of carbonyl (C=O) groups is 2. The molecule has 0 saturated heterocycles. The molecule has 7 heteroatoms. The number of rotatable bonds is 5. The summed E-state index contributed by atoms with van der Waals surface area (Å²) in [7, 11) is 0. The van der Waals surface area contributed by atoms with E-state index in [-0.39, 0.29) is 30.6 Å². The molecule has 4 N–H and O–H groups in total. The van der Waals surface area contributed by atoms with Gasteiger partial charge >= 0.3 is 6.03 Å². The van der Waals surface area contributed by atoms with Crippen LogP contribution in [0.25, 0.3) is 11.0 Å². The number of nitrogens with one attached hydrogen (secondary N) is 4. The second kappa shape index (κ2) is 8.00. The van der Waals surface area contributed by atoms with E-state index >= 15 is 0 Å². The van der Waals surface area contributed by atoms with E-state index in [4.69, 9.17) is 0 Å². The number of H-pyrrole nitrogens is 1. The fourth-order valence-electron chi connectivity index (χ4n) is 3.18. The summed E-state index contributed by atoms with van der Waals surface area (Å²) in [6.07, 6.45) is 5.58. The van der Waals surface area contributed by atoms with Crippen LogP contribution in [0.4, 0.5) is 4.79 Å². The number of nitrogens with zero attached hydrogens (tertiary/aromatic N) is 1. The lowest BCUT2D eigenvalue weighted by molar-refractivity contribution is -0.120. The van der Waals surface area contributed by atoms with Crippen LogP contribution in [0.2, 0.25) is 0 Å². The van der Waals surface area contributed by atoms with E-state index in [1.807, 2.05) is 31.2 Å². The van der Waals surface area contributed by atoms with Gasteiger partial charge in [-0.1, -0.05) is 31.4 Å². The van der Waals surface area contributed by atoms with Gasteiger partial charge in [-0.3, -0.25) is 4.79 Å². The van der Waals surface area contributed by atoms with Gasteiger partial charge in [-0.25, -0.2) is 9.78 Å². The molecule has 1 aromatic heterocycles. The highest BCUT2D eigenvalue weighted by atomic mass is 16.2. The molecular weight excluding hydrogens is 318 g/mol. The molecule has 0 spiro atoms. The maximum atomic E-state index is 12.0. The van der Waals surface area contributed by atoms with Crippen LogP contribution in [0, 0.1) is 0 Å². The molecule has 1 aliphatic carbocycles. The third-order valence-corrected chi connectivity index (χ3v) is 4.55. The van der Waals surface area contributed by atoms with Crippen LogP contribution in [0.5, 0.6) is 0 Å². The molecule has 25 heavy (non-hydrogen) atoms. The minimum absolute atomic E-state index is 0.0525. The third-order valence-electron chi connectivity index (χ3n) is 4.55. The van der Waals surface area contributed by atoms with Crippen LogP contribution in [-0.4, -0.2) is 34.5 Å². The maximum Gasteiger partial charge on any atom is 0.315 e. The first-order chi connectivity index (χ1) is 12.1. The Balaban J connectivity index is 1.44. The van der Waals surface area contributed by atoms with E-state index in [9.17, 15) is 9.59 Å². The fraction of sp³-hybridized carbons (Fsp3) is 0.500. The lowest BCUT2D eigenvalue weighted by Crippen LogP contribution is -2.46. The molecular formula is C18H25N5O2. The van der Waals surface area contributed by atoms with Gasteiger partial charge in [-0.2, -0.15) is 0 Å². The monoisotopic (exact) mass is 343 g/mol. The van der Waals surface area contributed by atoms with Crippen molar-refractivity contribution in [3.63, 3.8) is 0 Å². The minimum atomic E-state index is -0.279. The number of aromatic nitrogens is 2. The number of fused-ring (bicyclic) bond motifs is 1. The highest BCUT2D eigenvalue weighted by molar-refractivity contribution is 5.84. The van der Waals surface area contributed by atoms with Gasteiger partial charge in [0.05, 0.1) is 23.6 Å². The second-order valence-electron chi connectivity index (χ2n) is 6.59. The molecule has 3 amide bonds. The van der Waals surface area contributed by atoms with E-state index in [0.29, 0.717) is 5.82 Å². The zero-order valence-corrected chi connectivity index (χ0v) is 14.5. The van der Waals surface area contributed by atoms with E-state index in [1.165, 1.54) is 6.42 Å². The Hall–Kier alpha value is -2.57. The SMILES string of the molecule is CC(NC(=O)CNC(=O)NC1CCCCC1)c1nc2ccccc2[nH]1. The van der Waals surface area contributed by atoms with Gasteiger partial charge in [0.2, 0.25) is 5.91 Å². The number of urea groups is 1. The summed E-state index contributed by atoms with van der Waals surface area (Å²) in [5.74, 6) is 0.452. The molecule has 2 aromatic rings. The van der Waals surface area contributed by atoms with Gasteiger partial charge in [0.25, 0.3) is 0 Å². The molecule has 1 aromatic carbocycles. The van der Waals surface area contributed by atoms with E-state index in [0.717, 1.165) is 36.7 Å². The zero-order valence-electron chi connectivity index (χ0n) is 14.5. The van der Waals surface area contributed by atoms with Gasteiger partial charge in [0.15, 0.2) is 0 Å². The number of amides is 3. The maximum absolute atomic E-state index is 12.0. The predicted octanol–water partition coefficient (Wildman–Crippen LogP) is 2.37. The standard InChI is InChI=1S/C18H25N5O2/c1-12(17-22-14-9-5-6-10-15(14)23-17)20-16(24)11-19-18(25)21-13-7-3-2-4-8-13/h5-6,9-10,12-13H,2-4,7-8,11H2,1H3,(H,20,24)(H,22,23)(H2,19,21,25). The minimum Gasteiger partial charge on any atom is -0.345 e. The summed E-state index contributed by atoms with van der Waals surface area (Å²) >= 11 is 0. The number of hydrogen-bond donors (Lipinski definition) is 4. The van der Waals surface area contributed by atoms with Crippen molar-refractivity contribution in [2.75, 3.05) is 6.54 Å². The summed E-state index contributed by atoms with van der Waals surface area (Å²) in [5.41, 5.74) is 1.80. The average molecular weight is 343 g/mol. The van der Waals surface area contributed by atoms with Crippen molar-refractivity contribution in [3.8, 4) is 0 Å². The predicted molar refractivity (Wildman–Crippen MR) is 96.1 cm³/mol. The van der Waals surface area contributed by atoms with Crippen LogP contribution in [0.3, 0.4) is 0 Å². The first-order valence-electron chi connectivity index (χ1n) is 8.90. The van der Waals surface area contributed by atoms with Crippen LogP contribution in [0.15, 0.2) is 24.3 Å². The van der Waals surface area contributed by atoms with Crippen LogP contribution < -0.4 is 16.0 Å². The van der Waals surface area contributed by atoms with Gasteiger partial charge in [-0.05, 0) is 31.9 Å². The smallest absolute Gasteiger partial charge is 0.315 e. The summed E-state index contributed by atoms with van der Waals surface area (Å²) < 4.78 is 0. The van der Waals surface area contributed by atoms with Crippen LogP contribution in [-0.2, 0) is 4.79 Å². The number of aromatic amines is 1. The molecule has 0 radical (unpaired) electrons. The molecule has 1 unspecified atom stereocenters. The summed E-state index contributed by atoms with van der Waals surface area (Å²) in [4.78, 5) is 31.6. The molecule has 1 heterocycles. The summed E-state index contributed by atoms with van der Waals surface area (Å²) in [6, 6.07) is 7.40. The first kappa shape index (κ1) is 17.3. The van der Waals surface area contributed by atoms with Crippen molar-refractivity contribution in [3.05, 3.63) is 30.1 Å². The Morgan fingerprint density at radius 2 is 2.00 bits per heavy atom. The zero-order chi connectivity index (χ0) is 17.6. The van der Waals surface area contributed by atoms with Crippen molar-refractivity contribution in [1.29, 1.82) is 0 Å². The molecule has 134 valence electrons. The fourth-order valence-corrected chi connectivity index (χ4v) is 3.18. The van der Waals surface area contributed by atoms with E-state index < -0.39 is 0 Å². The van der Waals surface area contributed by atoms with Crippen LogP contribution >= 0.6 is 0 Å². The highest BCUT2D eigenvalue weighted by Crippen LogP contribution is 2.17. The van der Waals surface area contributed by atoms with Gasteiger partial charge in [0, 0.05) is 6.04 Å². The van der Waals surface area contributed by atoms with Gasteiger partial charge in [-0.15, -0.1) is 0 Å². The number of para-hydroxylation sites is 2. The molecule has 1 aliphatic rings. The lowest BCUT2D eigenvalue weighted by Gasteiger charge is -2.22. The number of carbonyl (C=O) groups excluding carboxylic acids is 2. The van der Waals surface area contributed by atoms with Crippen molar-refractivity contribution >= 4 is 23.0 Å². The topological polar surface area (TPSA) is 98.9 Å². The quantitative estimate of drug-likeness (QED) is 0.671. The van der Waals surface area contributed by atoms with E-state index in [1.54, 1.807) is 0 Å². The number of benzene rings is 1. The number of imidazole rings is 1. The molecule has 1 atom stereocenters. The Morgan fingerprint density at radius 3 is 2.76 bits per heavy atom. The second-order valence-corrected chi connectivity index (χ2v) is 6.59. The average Bonchev–Trinajstić information content (AvgIpc) is 3.05. The molecule has 0 aliphatic heterocycles. The largest absolute Gasteiger partial charge is 0.345 e.